The summed E-state index contributed by atoms with van der Waals surface area (Å²) >= 11 is 0. The lowest BCUT2D eigenvalue weighted by Crippen LogP contribution is -2.67. The number of nitrogens with one attached hydrogen (secondary N) is 2. The van der Waals surface area contributed by atoms with Gasteiger partial charge in [-0.3, -0.25) is 14.5 Å². The minimum absolute atomic E-state index is 0.0324. The Bertz CT molecular complexity index is 1390. The van der Waals surface area contributed by atoms with Crippen molar-refractivity contribution < 1.29 is 23.0 Å². The molecular formula is C28H34F2N4O4. The fraction of sp³-hybridized carbons (Fsp3) is 0.500. The summed E-state index contributed by atoms with van der Waals surface area (Å²) in [5, 5.41) is 3.74. The highest BCUT2D eigenvalue weighted by Gasteiger charge is 2.52. The number of para-hydroxylation sites is 1. The molecule has 2 fully saturated rings. The number of pyridine rings is 1. The maximum Gasteiger partial charge on any atom is 0.261 e. The molecule has 2 N–H and O–H groups in total. The Morgan fingerprint density at radius 1 is 1.24 bits per heavy atom. The number of amides is 1. The van der Waals surface area contributed by atoms with E-state index >= 15 is 0 Å². The number of carbonyl (C=O) groups excluding carboxylic acids is 1. The van der Waals surface area contributed by atoms with Gasteiger partial charge in [0.15, 0.2) is 0 Å². The van der Waals surface area contributed by atoms with E-state index in [-0.39, 0.29) is 31.2 Å². The third-order valence-electron chi connectivity index (χ3n) is 8.13. The smallest absolute Gasteiger partial charge is 0.261 e. The third-order valence-corrected chi connectivity index (χ3v) is 8.13. The molecule has 204 valence electrons. The molecule has 38 heavy (non-hydrogen) atoms. The van der Waals surface area contributed by atoms with Gasteiger partial charge in [0.05, 0.1) is 38.0 Å². The van der Waals surface area contributed by atoms with Gasteiger partial charge in [-0.15, -0.1) is 0 Å². The highest BCUT2D eigenvalue weighted by atomic mass is 19.3. The van der Waals surface area contributed by atoms with E-state index in [4.69, 9.17) is 9.47 Å². The van der Waals surface area contributed by atoms with Crippen LogP contribution in [0.5, 0.6) is 5.75 Å². The first kappa shape index (κ1) is 26.4. The van der Waals surface area contributed by atoms with Gasteiger partial charge in [0, 0.05) is 28.8 Å². The zero-order valence-corrected chi connectivity index (χ0v) is 22.0. The summed E-state index contributed by atoms with van der Waals surface area (Å²) in [4.78, 5) is 30.6. The molecule has 2 saturated heterocycles. The molecule has 0 aliphatic carbocycles. The summed E-state index contributed by atoms with van der Waals surface area (Å²) in [5.41, 5.74) is 1.98. The summed E-state index contributed by atoms with van der Waals surface area (Å²) in [6.07, 6.45) is -0.810. The predicted octanol–water partition coefficient (Wildman–Crippen LogP) is 3.63. The van der Waals surface area contributed by atoms with Crippen LogP contribution in [-0.2, 0) is 17.8 Å². The summed E-state index contributed by atoms with van der Waals surface area (Å²) in [7, 11) is 1.50. The fourth-order valence-electron chi connectivity index (χ4n) is 5.82. The molecule has 0 spiro atoms. The third kappa shape index (κ3) is 4.60. The molecule has 10 heteroatoms. The standard InChI is InChI=1S/C28H34F2N4O4/c1-17-12-23(37-3)21(25(35)32-17)13-31-26(36)24-18(2)34(22-7-5-4-6-20(22)24)14-19-8-10-33(11-9-19)28(27(29)30)15-38-16-28/h4-7,12,19,27H,8-11,13-16H2,1-3H3,(H,31,36)(H,32,35). The van der Waals surface area contributed by atoms with E-state index in [1.807, 2.05) is 36.1 Å². The number of rotatable bonds is 8. The molecule has 1 amide bonds. The molecule has 1 aromatic carbocycles. The number of nitrogens with zero attached hydrogens (tertiary/aromatic N) is 2. The molecule has 8 nitrogen and oxygen atoms in total. The Morgan fingerprint density at radius 3 is 2.58 bits per heavy atom. The van der Waals surface area contributed by atoms with Gasteiger partial charge in [0.1, 0.15) is 11.3 Å². The number of fused-ring (bicyclic) bond motifs is 1. The normalized spacial score (nSPS) is 18.1. The van der Waals surface area contributed by atoms with Crippen molar-refractivity contribution in [1.82, 2.24) is 19.8 Å². The average molecular weight is 529 g/mol. The van der Waals surface area contributed by atoms with E-state index in [2.05, 4.69) is 14.9 Å². The topological polar surface area (TPSA) is 88.6 Å². The van der Waals surface area contributed by atoms with E-state index in [0.717, 1.165) is 29.4 Å². The first-order valence-corrected chi connectivity index (χ1v) is 13.0. The zero-order valence-electron chi connectivity index (χ0n) is 22.0. The second-order valence-corrected chi connectivity index (χ2v) is 10.4. The highest BCUT2D eigenvalue weighted by Crippen LogP contribution is 2.36. The van der Waals surface area contributed by atoms with Crippen LogP contribution in [0.4, 0.5) is 8.78 Å². The van der Waals surface area contributed by atoms with Crippen molar-refractivity contribution in [3.8, 4) is 5.75 Å². The lowest BCUT2D eigenvalue weighted by Gasteiger charge is -2.51. The Hall–Kier alpha value is -3.24. The van der Waals surface area contributed by atoms with E-state index < -0.39 is 12.0 Å². The van der Waals surface area contributed by atoms with Crippen molar-refractivity contribution in [2.24, 2.45) is 5.92 Å². The number of ether oxygens (including phenoxy) is 2. The summed E-state index contributed by atoms with van der Waals surface area (Å²) in [6.45, 7) is 5.84. The minimum atomic E-state index is -2.42. The monoisotopic (exact) mass is 528 g/mol. The van der Waals surface area contributed by atoms with Crippen molar-refractivity contribution in [2.45, 2.75) is 51.7 Å². The molecular weight excluding hydrogens is 494 g/mol. The first-order valence-electron chi connectivity index (χ1n) is 13.0. The Kier molecular flexibility index (Phi) is 7.28. The predicted molar refractivity (Wildman–Crippen MR) is 140 cm³/mol. The lowest BCUT2D eigenvalue weighted by atomic mass is 9.89. The van der Waals surface area contributed by atoms with Crippen molar-refractivity contribution >= 4 is 16.8 Å². The van der Waals surface area contributed by atoms with Crippen LogP contribution in [0.15, 0.2) is 35.1 Å². The summed E-state index contributed by atoms with van der Waals surface area (Å²) in [6, 6.07) is 9.51. The molecule has 0 saturated carbocycles. The number of aryl methyl sites for hydroxylation is 1. The molecule has 0 bridgehead atoms. The van der Waals surface area contributed by atoms with Gasteiger partial charge in [-0.05, 0) is 57.8 Å². The second kappa shape index (κ2) is 10.5. The van der Waals surface area contributed by atoms with Gasteiger partial charge in [-0.1, -0.05) is 18.2 Å². The van der Waals surface area contributed by atoms with Crippen LogP contribution in [0.1, 0.15) is 40.2 Å². The molecule has 2 aliphatic rings. The zero-order chi connectivity index (χ0) is 27.0. The number of H-pyrrole nitrogens is 1. The number of hydrogen-bond donors (Lipinski definition) is 2. The van der Waals surface area contributed by atoms with Crippen LogP contribution in [0.3, 0.4) is 0 Å². The summed E-state index contributed by atoms with van der Waals surface area (Å²) in [5.74, 6) is 0.472. The number of alkyl halides is 2. The minimum Gasteiger partial charge on any atom is -0.496 e. The van der Waals surface area contributed by atoms with Crippen LogP contribution in [0, 0.1) is 19.8 Å². The fourth-order valence-corrected chi connectivity index (χ4v) is 5.82. The van der Waals surface area contributed by atoms with Crippen molar-refractivity contribution in [3.05, 3.63) is 63.2 Å². The maximum atomic E-state index is 13.7. The molecule has 0 unspecified atom stereocenters. The maximum absolute atomic E-state index is 13.7. The SMILES string of the molecule is COc1cc(C)[nH]c(=O)c1CNC(=O)c1c(C)n(CC2CCN(C3(C(F)F)COC3)CC2)c2ccccc12. The number of carbonyl (C=O) groups is 1. The van der Waals surface area contributed by atoms with E-state index in [1.165, 1.54) is 7.11 Å². The lowest BCUT2D eigenvalue weighted by molar-refractivity contribution is -0.207. The van der Waals surface area contributed by atoms with E-state index in [9.17, 15) is 18.4 Å². The molecule has 0 radical (unpaired) electrons. The molecule has 4 heterocycles. The first-order chi connectivity index (χ1) is 18.2. The van der Waals surface area contributed by atoms with Crippen molar-refractivity contribution in [2.75, 3.05) is 33.4 Å². The van der Waals surface area contributed by atoms with Crippen molar-refractivity contribution in [1.29, 1.82) is 0 Å². The van der Waals surface area contributed by atoms with Gasteiger partial charge in [-0.2, -0.15) is 0 Å². The number of halogens is 2. The number of hydrogen-bond acceptors (Lipinski definition) is 5. The van der Waals surface area contributed by atoms with E-state index in [0.29, 0.717) is 48.1 Å². The van der Waals surface area contributed by atoms with Gasteiger partial charge in [0.2, 0.25) is 0 Å². The van der Waals surface area contributed by atoms with Gasteiger partial charge >= 0.3 is 0 Å². The quantitative estimate of drug-likeness (QED) is 0.466. The van der Waals surface area contributed by atoms with Gasteiger partial charge < -0.3 is 24.3 Å². The van der Waals surface area contributed by atoms with Crippen LogP contribution < -0.4 is 15.6 Å². The number of piperidine rings is 1. The van der Waals surface area contributed by atoms with Crippen LogP contribution in [-0.4, -0.2) is 65.7 Å². The van der Waals surface area contributed by atoms with Crippen LogP contribution in [0.2, 0.25) is 0 Å². The number of aromatic nitrogens is 2. The number of aromatic amines is 1. The Balaban J connectivity index is 1.34. The number of benzene rings is 1. The summed E-state index contributed by atoms with van der Waals surface area (Å²) < 4.78 is 40.1. The van der Waals surface area contributed by atoms with Gasteiger partial charge in [0.25, 0.3) is 17.9 Å². The number of methoxy groups -OCH3 is 1. The Labute approximate surface area is 219 Å². The molecule has 5 rings (SSSR count). The largest absolute Gasteiger partial charge is 0.496 e. The van der Waals surface area contributed by atoms with E-state index in [1.54, 1.807) is 13.0 Å². The molecule has 2 aliphatic heterocycles. The molecule has 3 aromatic rings. The number of likely N-dealkylation sites (tertiary alicyclic amines) is 1. The molecule has 2 aromatic heterocycles. The highest BCUT2D eigenvalue weighted by molar-refractivity contribution is 6.08. The Morgan fingerprint density at radius 2 is 1.95 bits per heavy atom. The van der Waals surface area contributed by atoms with Gasteiger partial charge in [-0.25, -0.2) is 8.78 Å². The van der Waals surface area contributed by atoms with Crippen LogP contribution >= 0.6 is 0 Å². The van der Waals surface area contributed by atoms with Crippen LogP contribution in [0.25, 0.3) is 10.9 Å². The average Bonchev–Trinajstić information content (AvgIpc) is 3.14. The molecule has 0 atom stereocenters. The second-order valence-electron chi connectivity index (χ2n) is 10.4. The van der Waals surface area contributed by atoms with Crippen molar-refractivity contribution in [3.63, 3.8) is 0 Å².